The number of hydroxylamine groups is 1. The number of carbonyl (C=O) groups is 1. The molecule has 0 aromatic heterocycles. The average Bonchev–Trinajstić information content (AvgIpc) is 2.26. The summed E-state index contributed by atoms with van der Waals surface area (Å²) in [5, 5.41) is 0. The van der Waals surface area contributed by atoms with Crippen molar-refractivity contribution in [3.8, 4) is 5.75 Å². The molecule has 0 heterocycles. The van der Waals surface area contributed by atoms with Crippen molar-refractivity contribution in [2.75, 3.05) is 13.7 Å². The number of benzene rings is 1. The summed E-state index contributed by atoms with van der Waals surface area (Å²) >= 11 is 0. The van der Waals surface area contributed by atoms with Gasteiger partial charge < -0.3 is 4.74 Å². The minimum Gasteiger partial charge on any atom is -0.483 e. The fraction of sp³-hybridized carbons (Fsp3) is 0.300. The first-order valence-electron chi connectivity index (χ1n) is 4.56. The number of rotatable bonds is 4. The van der Waals surface area contributed by atoms with Crippen LogP contribution in [0.2, 0.25) is 0 Å². The highest BCUT2D eigenvalue weighted by Crippen LogP contribution is 2.35. The Bertz CT molecular complexity index is 393. The highest BCUT2D eigenvalue weighted by atomic mass is 19.4. The van der Waals surface area contributed by atoms with Gasteiger partial charge in [0.2, 0.25) is 0 Å². The molecule has 1 amide bonds. The van der Waals surface area contributed by atoms with Gasteiger partial charge in [0, 0.05) is 0 Å². The lowest BCUT2D eigenvalue weighted by Gasteiger charge is -2.13. The molecule has 0 aliphatic heterocycles. The molecular formula is C10H10F3NO3. The van der Waals surface area contributed by atoms with Crippen LogP contribution >= 0.6 is 0 Å². The van der Waals surface area contributed by atoms with Crippen LogP contribution in [0.1, 0.15) is 5.56 Å². The number of carbonyl (C=O) groups excluding carboxylic acids is 1. The number of hydrogen-bond acceptors (Lipinski definition) is 3. The number of ether oxygens (including phenoxy) is 1. The lowest BCUT2D eigenvalue weighted by molar-refractivity contribution is -0.141. The molecule has 0 bridgehead atoms. The van der Waals surface area contributed by atoms with E-state index in [4.69, 9.17) is 4.74 Å². The normalized spacial score (nSPS) is 11.1. The molecule has 1 aromatic carbocycles. The van der Waals surface area contributed by atoms with Crippen molar-refractivity contribution in [2.24, 2.45) is 0 Å². The van der Waals surface area contributed by atoms with E-state index in [-0.39, 0.29) is 0 Å². The molecule has 0 aliphatic rings. The summed E-state index contributed by atoms with van der Waals surface area (Å²) in [6.07, 6.45) is -4.52. The molecular weight excluding hydrogens is 239 g/mol. The highest BCUT2D eigenvalue weighted by molar-refractivity contribution is 5.76. The molecule has 1 N–H and O–H groups in total. The highest BCUT2D eigenvalue weighted by Gasteiger charge is 2.34. The maximum absolute atomic E-state index is 12.5. The fourth-order valence-corrected chi connectivity index (χ4v) is 1.11. The van der Waals surface area contributed by atoms with Crippen molar-refractivity contribution in [3.05, 3.63) is 29.8 Å². The number of alkyl halides is 3. The van der Waals surface area contributed by atoms with Gasteiger partial charge in [-0.2, -0.15) is 13.2 Å². The van der Waals surface area contributed by atoms with Crippen LogP contribution in [-0.4, -0.2) is 19.6 Å². The third kappa shape index (κ3) is 3.95. The van der Waals surface area contributed by atoms with E-state index in [1.165, 1.54) is 19.2 Å². The molecule has 4 nitrogen and oxygen atoms in total. The van der Waals surface area contributed by atoms with Crippen molar-refractivity contribution >= 4 is 5.91 Å². The van der Waals surface area contributed by atoms with Crippen LogP contribution in [-0.2, 0) is 15.8 Å². The van der Waals surface area contributed by atoms with E-state index in [1.807, 2.05) is 5.48 Å². The Morgan fingerprint density at radius 1 is 1.35 bits per heavy atom. The van der Waals surface area contributed by atoms with Gasteiger partial charge in [-0.15, -0.1) is 0 Å². The second-order valence-electron chi connectivity index (χ2n) is 3.01. The van der Waals surface area contributed by atoms with Gasteiger partial charge in [0.05, 0.1) is 12.7 Å². The summed E-state index contributed by atoms with van der Waals surface area (Å²) in [6.45, 7) is -0.555. The molecule has 0 saturated heterocycles. The van der Waals surface area contributed by atoms with Crippen molar-refractivity contribution < 1.29 is 27.5 Å². The van der Waals surface area contributed by atoms with Crippen LogP contribution < -0.4 is 10.2 Å². The topological polar surface area (TPSA) is 47.6 Å². The summed E-state index contributed by atoms with van der Waals surface area (Å²) in [7, 11) is 1.21. The smallest absolute Gasteiger partial charge is 0.419 e. The second kappa shape index (κ2) is 5.53. The monoisotopic (exact) mass is 249 g/mol. The second-order valence-corrected chi connectivity index (χ2v) is 3.01. The zero-order chi connectivity index (χ0) is 12.9. The molecule has 1 rings (SSSR count). The molecule has 0 fully saturated rings. The van der Waals surface area contributed by atoms with E-state index >= 15 is 0 Å². The SMILES string of the molecule is CONC(=O)COc1ccccc1C(F)(F)F. The zero-order valence-electron chi connectivity index (χ0n) is 8.88. The summed E-state index contributed by atoms with van der Waals surface area (Å²) in [6, 6.07) is 4.65. The number of para-hydroxylation sites is 1. The van der Waals surface area contributed by atoms with E-state index in [1.54, 1.807) is 0 Å². The van der Waals surface area contributed by atoms with Gasteiger partial charge in [0.1, 0.15) is 5.75 Å². The minimum absolute atomic E-state index is 0.397. The Labute approximate surface area is 95.3 Å². The summed E-state index contributed by atoms with van der Waals surface area (Å²) in [5.41, 5.74) is 1.00. The molecule has 94 valence electrons. The Hall–Kier alpha value is -1.76. The van der Waals surface area contributed by atoms with Crippen LogP contribution in [0.15, 0.2) is 24.3 Å². The van der Waals surface area contributed by atoms with E-state index < -0.39 is 30.0 Å². The van der Waals surface area contributed by atoms with Gasteiger partial charge in [-0.1, -0.05) is 12.1 Å². The van der Waals surface area contributed by atoms with Crippen LogP contribution in [0.5, 0.6) is 5.75 Å². The average molecular weight is 249 g/mol. The first-order valence-corrected chi connectivity index (χ1v) is 4.56. The zero-order valence-corrected chi connectivity index (χ0v) is 8.88. The van der Waals surface area contributed by atoms with Crippen molar-refractivity contribution in [1.29, 1.82) is 0 Å². The van der Waals surface area contributed by atoms with Crippen LogP contribution in [0, 0.1) is 0 Å². The van der Waals surface area contributed by atoms with Crippen LogP contribution in [0.4, 0.5) is 13.2 Å². The molecule has 0 atom stereocenters. The van der Waals surface area contributed by atoms with E-state index in [0.717, 1.165) is 12.1 Å². The summed E-state index contributed by atoms with van der Waals surface area (Å²) in [5.74, 6) is -1.07. The quantitative estimate of drug-likeness (QED) is 0.827. The number of amides is 1. The Morgan fingerprint density at radius 3 is 2.59 bits per heavy atom. The Balaban J connectivity index is 2.74. The van der Waals surface area contributed by atoms with Gasteiger partial charge in [-0.05, 0) is 12.1 Å². The van der Waals surface area contributed by atoms with Gasteiger partial charge in [-0.3, -0.25) is 9.63 Å². The van der Waals surface area contributed by atoms with Gasteiger partial charge in [0.15, 0.2) is 6.61 Å². The molecule has 0 unspecified atom stereocenters. The maximum Gasteiger partial charge on any atom is 0.419 e. The number of hydrogen-bond donors (Lipinski definition) is 1. The summed E-state index contributed by atoms with van der Waals surface area (Å²) in [4.78, 5) is 15.2. The fourth-order valence-electron chi connectivity index (χ4n) is 1.11. The van der Waals surface area contributed by atoms with Gasteiger partial charge in [-0.25, -0.2) is 5.48 Å². The lowest BCUT2D eigenvalue weighted by atomic mass is 10.2. The molecule has 0 radical (unpaired) electrons. The number of nitrogens with one attached hydrogen (secondary N) is 1. The standard InChI is InChI=1S/C10H10F3NO3/c1-16-14-9(15)6-17-8-5-3-2-4-7(8)10(11,12)13/h2-5H,6H2,1H3,(H,14,15). The van der Waals surface area contributed by atoms with E-state index in [9.17, 15) is 18.0 Å². The molecule has 17 heavy (non-hydrogen) atoms. The van der Waals surface area contributed by atoms with Crippen molar-refractivity contribution in [1.82, 2.24) is 5.48 Å². The molecule has 0 saturated carbocycles. The summed E-state index contributed by atoms with van der Waals surface area (Å²) < 4.78 is 42.3. The maximum atomic E-state index is 12.5. The predicted octanol–water partition coefficient (Wildman–Crippen LogP) is 1.76. The Morgan fingerprint density at radius 2 is 2.00 bits per heavy atom. The first-order chi connectivity index (χ1) is 7.95. The molecule has 1 aromatic rings. The first kappa shape index (κ1) is 13.3. The lowest BCUT2D eigenvalue weighted by Crippen LogP contribution is -2.28. The van der Waals surface area contributed by atoms with Gasteiger partial charge >= 0.3 is 6.18 Å². The molecule has 7 heteroatoms. The van der Waals surface area contributed by atoms with Crippen LogP contribution in [0.3, 0.4) is 0 Å². The molecule has 0 spiro atoms. The number of halogens is 3. The molecule has 0 aliphatic carbocycles. The van der Waals surface area contributed by atoms with Crippen molar-refractivity contribution in [2.45, 2.75) is 6.18 Å². The van der Waals surface area contributed by atoms with E-state index in [2.05, 4.69) is 4.84 Å². The Kier molecular flexibility index (Phi) is 4.33. The third-order valence-electron chi connectivity index (χ3n) is 1.77. The minimum atomic E-state index is -4.52. The van der Waals surface area contributed by atoms with Crippen molar-refractivity contribution in [3.63, 3.8) is 0 Å². The predicted molar refractivity (Wildman–Crippen MR) is 52.1 cm³/mol. The third-order valence-corrected chi connectivity index (χ3v) is 1.77. The largest absolute Gasteiger partial charge is 0.483 e. The van der Waals surface area contributed by atoms with E-state index in [0.29, 0.717) is 0 Å². The van der Waals surface area contributed by atoms with Gasteiger partial charge in [0.25, 0.3) is 5.91 Å². The van der Waals surface area contributed by atoms with Crippen LogP contribution in [0.25, 0.3) is 0 Å².